The van der Waals surface area contributed by atoms with E-state index in [-0.39, 0.29) is 11.6 Å². The van der Waals surface area contributed by atoms with Gasteiger partial charge in [0.15, 0.2) is 5.58 Å². The smallest absolute Gasteiger partial charge is 0.313 e. The third-order valence-electron chi connectivity index (χ3n) is 1.84. The number of benzene rings is 1. The molecule has 0 aliphatic rings. The number of halogens is 1. The van der Waals surface area contributed by atoms with Crippen molar-refractivity contribution in [1.29, 1.82) is 0 Å². The van der Waals surface area contributed by atoms with Gasteiger partial charge in [0.25, 0.3) is 0 Å². The first-order valence-electron chi connectivity index (χ1n) is 4.49. The van der Waals surface area contributed by atoms with Gasteiger partial charge in [-0.2, -0.15) is 0 Å². The molecule has 0 radical (unpaired) electrons. The highest BCUT2D eigenvalue weighted by Crippen LogP contribution is 2.19. The van der Waals surface area contributed by atoms with Crippen LogP contribution in [-0.2, 0) is 10.5 Å². The Labute approximate surface area is 94.5 Å². The number of rotatable bonds is 4. The van der Waals surface area contributed by atoms with Gasteiger partial charge in [-0.25, -0.2) is 9.37 Å². The van der Waals surface area contributed by atoms with E-state index < -0.39 is 5.97 Å². The maximum atomic E-state index is 12.8. The van der Waals surface area contributed by atoms with Crippen LogP contribution in [0.1, 0.15) is 5.89 Å². The third-order valence-corrected chi connectivity index (χ3v) is 2.75. The molecule has 16 heavy (non-hydrogen) atoms. The van der Waals surface area contributed by atoms with Crippen molar-refractivity contribution in [3.05, 3.63) is 29.9 Å². The SMILES string of the molecule is O=C(O)CSCc1nc2cc(F)ccc2o1. The summed E-state index contributed by atoms with van der Waals surface area (Å²) < 4.78 is 18.2. The van der Waals surface area contributed by atoms with Crippen LogP contribution in [0.5, 0.6) is 0 Å². The number of carboxylic acid groups (broad SMARTS) is 1. The summed E-state index contributed by atoms with van der Waals surface area (Å²) in [6.07, 6.45) is 0. The van der Waals surface area contributed by atoms with Crippen LogP contribution >= 0.6 is 11.8 Å². The van der Waals surface area contributed by atoms with E-state index in [0.717, 1.165) is 0 Å². The summed E-state index contributed by atoms with van der Waals surface area (Å²) in [4.78, 5) is 14.3. The minimum absolute atomic E-state index is 0.00686. The number of hydrogen-bond acceptors (Lipinski definition) is 4. The molecule has 0 spiro atoms. The van der Waals surface area contributed by atoms with E-state index in [9.17, 15) is 9.18 Å². The lowest BCUT2D eigenvalue weighted by molar-refractivity contribution is -0.133. The van der Waals surface area contributed by atoms with Crippen LogP contribution in [0.4, 0.5) is 4.39 Å². The average Bonchev–Trinajstić information content (AvgIpc) is 2.58. The van der Waals surface area contributed by atoms with Crippen LogP contribution in [0.25, 0.3) is 11.1 Å². The van der Waals surface area contributed by atoms with E-state index in [1.807, 2.05) is 0 Å². The van der Waals surface area contributed by atoms with E-state index in [1.165, 1.54) is 30.0 Å². The lowest BCUT2D eigenvalue weighted by Crippen LogP contribution is -1.98. The largest absolute Gasteiger partial charge is 0.481 e. The van der Waals surface area contributed by atoms with Crippen molar-refractivity contribution in [2.75, 3.05) is 5.75 Å². The predicted molar refractivity (Wildman–Crippen MR) is 57.8 cm³/mol. The van der Waals surface area contributed by atoms with Crippen molar-refractivity contribution in [3.8, 4) is 0 Å². The Hall–Kier alpha value is -1.56. The molecule has 1 N–H and O–H groups in total. The van der Waals surface area contributed by atoms with Crippen LogP contribution in [0, 0.1) is 5.82 Å². The van der Waals surface area contributed by atoms with Gasteiger partial charge in [-0.05, 0) is 12.1 Å². The zero-order valence-corrected chi connectivity index (χ0v) is 8.96. The Morgan fingerprint density at radius 2 is 2.38 bits per heavy atom. The molecule has 1 aromatic heterocycles. The molecule has 1 aromatic carbocycles. The zero-order chi connectivity index (χ0) is 11.5. The Balaban J connectivity index is 2.10. The Morgan fingerprint density at radius 1 is 1.56 bits per heavy atom. The number of thioether (sulfide) groups is 1. The fourth-order valence-electron chi connectivity index (χ4n) is 1.24. The monoisotopic (exact) mass is 241 g/mol. The Kier molecular flexibility index (Phi) is 3.09. The quantitative estimate of drug-likeness (QED) is 0.889. The minimum atomic E-state index is -0.882. The number of aliphatic carboxylic acids is 1. The van der Waals surface area contributed by atoms with Crippen LogP contribution in [0.2, 0.25) is 0 Å². The van der Waals surface area contributed by atoms with Gasteiger partial charge in [0.2, 0.25) is 5.89 Å². The molecule has 0 unspecified atom stereocenters. The van der Waals surface area contributed by atoms with Crippen LogP contribution < -0.4 is 0 Å². The molecule has 84 valence electrons. The van der Waals surface area contributed by atoms with Crippen molar-refractivity contribution in [3.63, 3.8) is 0 Å². The van der Waals surface area contributed by atoms with Gasteiger partial charge in [-0.15, -0.1) is 11.8 Å². The van der Waals surface area contributed by atoms with Crippen molar-refractivity contribution in [2.24, 2.45) is 0 Å². The minimum Gasteiger partial charge on any atom is -0.481 e. The highest BCUT2D eigenvalue weighted by Gasteiger charge is 2.07. The van der Waals surface area contributed by atoms with Crippen LogP contribution in [-0.4, -0.2) is 21.8 Å². The maximum absolute atomic E-state index is 12.8. The molecule has 0 saturated heterocycles. The molecular formula is C10H8FNO3S. The van der Waals surface area contributed by atoms with Gasteiger partial charge in [0, 0.05) is 6.07 Å². The molecule has 0 aliphatic carbocycles. The van der Waals surface area contributed by atoms with Gasteiger partial charge >= 0.3 is 5.97 Å². The first-order chi connectivity index (χ1) is 7.65. The Morgan fingerprint density at radius 3 is 3.12 bits per heavy atom. The summed E-state index contributed by atoms with van der Waals surface area (Å²) in [6, 6.07) is 4.08. The number of aromatic nitrogens is 1. The number of hydrogen-bond donors (Lipinski definition) is 1. The molecule has 0 fully saturated rings. The molecule has 0 bridgehead atoms. The number of oxazole rings is 1. The zero-order valence-electron chi connectivity index (χ0n) is 8.14. The normalized spacial score (nSPS) is 10.8. The molecular weight excluding hydrogens is 233 g/mol. The number of carboxylic acids is 1. The van der Waals surface area contributed by atoms with E-state index >= 15 is 0 Å². The third kappa shape index (κ3) is 2.52. The first kappa shape index (κ1) is 10.9. The lowest BCUT2D eigenvalue weighted by atomic mass is 10.3. The molecule has 0 amide bonds. The molecule has 0 saturated carbocycles. The summed E-state index contributed by atoms with van der Waals surface area (Å²) >= 11 is 1.18. The number of carbonyl (C=O) groups is 1. The summed E-state index contributed by atoms with van der Waals surface area (Å²) in [5, 5.41) is 8.45. The van der Waals surface area contributed by atoms with Crippen molar-refractivity contribution in [2.45, 2.75) is 5.75 Å². The van der Waals surface area contributed by atoms with Crippen LogP contribution in [0.3, 0.4) is 0 Å². The van der Waals surface area contributed by atoms with Gasteiger partial charge in [-0.3, -0.25) is 4.79 Å². The van der Waals surface area contributed by atoms with Crippen molar-refractivity contribution >= 4 is 28.8 Å². The molecule has 2 rings (SSSR count). The van der Waals surface area contributed by atoms with E-state index in [4.69, 9.17) is 9.52 Å². The van der Waals surface area contributed by atoms with Crippen molar-refractivity contribution in [1.82, 2.24) is 4.98 Å². The fourth-order valence-corrected chi connectivity index (χ4v) is 1.81. The topological polar surface area (TPSA) is 63.3 Å². The maximum Gasteiger partial charge on any atom is 0.313 e. The van der Waals surface area contributed by atoms with E-state index in [0.29, 0.717) is 22.7 Å². The van der Waals surface area contributed by atoms with Crippen molar-refractivity contribution < 1.29 is 18.7 Å². The number of fused-ring (bicyclic) bond motifs is 1. The highest BCUT2D eigenvalue weighted by atomic mass is 32.2. The molecule has 0 aliphatic heterocycles. The van der Waals surface area contributed by atoms with E-state index in [2.05, 4.69) is 4.98 Å². The fraction of sp³-hybridized carbons (Fsp3) is 0.200. The van der Waals surface area contributed by atoms with Gasteiger partial charge in [-0.1, -0.05) is 0 Å². The standard InChI is InChI=1S/C10H8FNO3S/c11-6-1-2-8-7(3-6)12-9(15-8)4-16-5-10(13)14/h1-3H,4-5H2,(H,13,14). The van der Waals surface area contributed by atoms with Gasteiger partial charge < -0.3 is 9.52 Å². The second kappa shape index (κ2) is 4.52. The van der Waals surface area contributed by atoms with Gasteiger partial charge in [0.05, 0.1) is 11.5 Å². The lowest BCUT2D eigenvalue weighted by Gasteiger charge is -1.91. The molecule has 6 heteroatoms. The second-order valence-corrected chi connectivity index (χ2v) is 4.09. The first-order valence-corrected chi connectivity index (χ1v) is 5.65. The molecule has 0 atom stereocenters. The summed E-state index contributed by atoms with van der Waals surface area (Å²) in [6.45, 7) is 0. The summed E-state index contributed by atoms with van der Waals surface area (Å²) in [7, 11) is 0. The molecule has 4 nitrogen and oxygen atoms in total. The highest BCUT2D eigenvalue weighted by molar-refractivity contribution is 7.99. The Bertz CT molecular complexity index is 526. The average molecular weight is 241 g/mol. The summed E-state index contributed by atoms with van der Waals surface area (Å²) in [5.41, 5.74) is 0.957. The molecule has 1 heterocycles. The van der Waals surface area contributed by atoms with Gasteiger partial charge in [0.1, 0.15) is 11.3 Å². The second-order valence-electron chi connectivity index (χ2n) is 3.11. The summed E-state index contributed by atoms with van der Waals surface area (Å²) in [5.74, 6) is -0.486. The number of nitrogens with zero attached hydrogens (tertiary/aromatic N) is 1. The van der Waals surface area contributed by atoms with E-state index in [1.54, 1.807) is 0 Å². The molecule has 2 aromatic rings. The van der Waals surface area contributed by atoms with Crippen LogP contribution in [0.15, 0.2) is 22.6 Å². The predicted octanol–water partition coefficient (Wildman–Crippen LogP) is 2.28.